The molecule has 0 aliphatic rings. The summed E-state index contributed by atoms with van der Waals surface area (Å²) in [6.45, 7) is 2.82. The molecule has 0 bridgehead atoms. The zero-order chi connectivity index (χ0) is 10.6. The molecule has 1 rings (SSSR count). The van der Waals surface area contributed by atoms with Crippen LogP contribution in [0.3, 0.4) is 0 Å². The minimum atomic E-state index is 0.168. The van der Waals surface area contributed by atoms with Gasteiger partial charge in [0, 0.05) is 19.3 Å². The van der Waals surface area contributed by atoms with E-state index in [0.717, 1.165) is 17.0 Å². The quantitative estimate of drug-likeness (QED) is 0.789. The van der Waals surface area contributed by atoms with E-state index in [4.69, 9.17) is 9.84 Å². The topological polar surface area (TPSA) is 32.7 Å². The van der Waals surface area contributed by atoms with E-state index in [1.54, 1.807) is 7.11 Å². The van der Waals surface area contributed by atoms with Gasteiger partial charge in [0.15, 0.2) is 0 Å². The van der Waals surface area contributed by atoms with Crippen molar-refractivity contribution in [2.75, 3.05) is 32.2 Å². The maximum Gasteiger partial charge on any atom is 0.121 e. The van der Waals surface area contributed by atoms with Crippen LogP contribution in [0.4, 0.5) is 5.69 Å². The fraction of sp³-hybridized carbons (Fsp3) is 0.455. The minimum absolute atomic E-state index is 0.168. The van der Waals surface area contributed by atoms with Crippen molar-refractivity contribution in [1.29, 1.82) is 0 Å². The van der Waals surface area contributed by atoms with E-state index in [2.05, 4.69) is 6.07 Å². The molecule has 0 unspecified atom stereocenters. The number of nitrogens with zero attached hydrogens (tertiary/aromatic N) is 1. The molecule has 0 saturated carbocycles. The van der Waals surface area contributed by atoms with Crippen LogP contribution in [0.1, 0.15) is 5.56 Å². The molecular formula is C11H17NO2. The maximum absolute atomic E-state index is 8.80. The third-order valence-corrected chi connectivity index (χ3v) is 2.25. The Bertz CT molecular complexity index is 299. The molecule has 0 aliphatic carbocycles. The van der Waals surface area contributed by atoms with Gasteiger partial charge in [0.1, 0.15) is 5.75 Å². The van der Waals surface area contributed by atoms with Crippen molar-refractivity contribution >= 4 is 5.69 Å². The SMILES string of the molecule is COc1ccc(N(C)CCO)cc1C. The first-order valence-electron chi connectivity index (χ1n) is 4.65. The van der Waals surface area contributed by atoms with Crippen molar-refractivity contribution in [2.24, 2.45) is 0 Å². The molecule has 0 heterocycles. The average Bonchev–Trinajstić information content (AvgIpc) is 2.18. The fourth-order valence-corrected chi connectivity index (χ4v) is 1.38. The number of benzene rings is 1. The summed E-state index contributed by atoms with van der Waals surface area (Å²) in [5.74, 6) is 0.895. The van der Waals surface area contributed by atoms with Gasteiger partial charge in [-0.1, -0.05) is 0 Å². The standard InChI is InChI=1S/C11H17NO2/c1-9-8-10(12(2)6-7-13)4-5-11(9)14-3/h4-5,8,13H,6-7H2,1-3H3. The van der Waals surface area contributed by atoms with Gasteiger partial charge in [-0.05, 0) is 30.7 Å². The van der Waals surface area contributed by atoms with E-state index in [9.17, 15) is 0 Å². The van der Waals surface area contributed by atoms with Crippen molar-refractivity contribution in [3.63, 3.8) is 0 Å². The van der Waals surface area contributed by atoms with Crippen LogP contribution >= 0.6 is 0 Å². The Morgan fingerprint density at radius 2 is 2.14 bits per heavy atom. The average molecular weight is 195 g/mol. The number of hydrogen-bond donors (Lipinski definition) is 1. The first kappa shape index (κ1) is 10.9. The normalized spacial score (nSPS) is 10.0. The van der Waals surface area contributed by atoms with E-state index >= 15 is 0 Å². The summed E-state index contributed by atoms with van der Waals surface area (Å²) >= 11 is 0. The van der Waals surface area contributed by atoms with Gasteiger partial charge in [0.2, 0.25) is 0 Å². The van der Waals surface area contributed by atoms with Crippen molar-refractivity contribution < 1.29 is 9.84 Å². The van der Waals surface area contributed by atoms with Crippen LogP contribution in [-0.4, -0.2) is 32.4 Å². The summed E-state index contributed by atoms with van der Waals surface area (Å²) in [4.78, 5) is 2.01. The van der Waals surface area contributed by atoms with Crippen LogP contribution in [-0.2, 0) is 0 Å². The molecule has 0 fully saturated rings. The van der Waals surface area contributed by atoms with E-state index in [1.807, 2.05) is 31.0 Å². The van der Waals surface area contributed by atoms with E-state index < -0.39 is 0 Å². The lowest BCUT2D eigenvalue weighted by Crippen LogP contribution is -2.21. The second-order valence-corrected chi connectivity index (χ2v) is 3.30. The second kappa shape index (κ2) is 4.86. The molecule has 1 aromatic rings. The molecule has 0 saturated heterocycles. The molecule has 78 valence electrons. The zero-order valence-corrected chi connectivity index (χ0v) is 8.95. The number of likely N-dealkylation sites (N-methyl/N-ethyl adjacent to an activating group) is 1. The lowest BCUT2D eigenvalue weighted by atomic mass is 10.2. The van der Waals surface area contributed by atoms with Gasteiger partial charge in [-0.15, -0.1) is 0 Å². The Hall–Kier alpha value is -1.22. The van der Waals surface area contributed by atoms with Crippen molar-refractivity contribution in [1.82, 2.24) is 0 Å². The Labute approximate surface area is 84.9 Å². The minimum Gasteiger partial charge on any atom is -0.496 e. The highest BCUT2D eigenvalue weighted by Gasteiger charge is 2.03. The lowest BCUT2D eigenvalue weighted by molar-refractivity contribution is 0.304. The van der Waals surface area contributed by atoms with E-state index in [1.165, 1.54) is 0 Å². The molecule has 0 aliphatic heterocycles. The van der Waals surface area contributed by atoms with Crippen molar-refractivity contribution in [3.05, 3.63) is 23.8 Å². The van der Waals surface area contributed by atoms with Gasteiger partial charge in [0.05, 0.1) is 13.7 Å². The van der Waals surface area contributed by atoms with E-state index in [-0.39, 0.29) is 6.61 Å². The molecule has 0 amide bonds. The maximum atomic E-state index is 8.80. The number of aliphatic hydroxyl groups excluding tert-OH is 1. The van der Waals surface area contributed by atoms with Crippen LogP contribution in [0.2, 0.25) is 0 Å². The van der Waals surface area contributed by atoms with Gasteiger partial charge in [-0.25, -0.2) is 0 Å². The summed E-state index contributed by atoms with van der Waals surface area (Å²) in [7, 11) is 3.62. The number of aryl methyl sites for hydroxylation is 1. The predicted molar refractivity (Wildman–Crippen MR) is 58.1 cm³/mol. The van der Waals surface area contributed by atoms with Crippen LogP contribution in [0, 0.1) is 6.92 Å². The summed E-state index contributed by atoms with van der Waals surface area (Å²) in [6, 6.07) is 5.98. The van der Waals surface area contributed by atoms with Gasteiger partial charge in [-0.3, -0.25) is 0 Å². The summed E-state index contributed by atoms with van der Waals surface area (Å²) in [5.41, 5.74) is 2.20. The molecule has 3 nitrogen and oxygen atoms in total. The lowest BCUT2D eigenvalue weighted by Gasteiger charge is -2.19. The highest BCUT2D eigenvalue weighted by atomic mass is 16.5. The second-order valence-electron chi connectivity index (χ2n) is 3.30. The van der Waals surface area contributed by atoms with Crippen molar-refractivity contribution in [2.45, 2.75) is 6.92 Å². The highest BCUT2D eigenvalue weighted by molar-refractivity contribution is 5.52. The number of rotatable bonds is 4. The first-order chi connectivity index (χ1) is 6.69. The summed E-state index contributed by atoms with van der Waals surface area (Å²) in [6.07, 6.45) is 0. The molecule has 0 atom stereocenters. The van der Waals surface area contributed by atoms with E-state index in [0.29, 0.717) is 6.54 Å². The molecular weight excluding hydrogens is 178 g/mol. The summed E-state index contributed by atoms with van der Waals surface area (Å²) in [5, 5.41) is 8.80. The largest absolute Gasteiger partial charge is 0.496 e. The fourth-order valence-electron chi connectivity index (χ4n) is 1.38. The number of ether oxygens (including phenoxy) is 1. The van der Waals surface area contributed by atoms with Crippen LogP contribution < -0.4 is 9.64 Å². The zero-order valence-electron chi connectivity index (χ0n) is 8.95. The number of hydrogen-bond acceptors (Lipinski definition) is 3. The Balaban J connectivity index is 2.85. The highest BCUT2D eigenvalue weighted by Crippen LogP contribution is 2.23. The Morgan fingerprint density at radius 3 is 2.64 bits per heavy atom. The summed E-state index contributed by atoms with van der Waals surface area (Å²) < 4.78 is 5.17. The molecule has 0 aromatic heterocycles. The van der Waals surface area contributed by atoms with Gasteiger partial charge >= 0.3 is 0 Å². The van der Waals surface area contributed by atoms with Gasteiger partial charge < -0.3 is 14.7 Å². The number of anilines is 1. The molecule has 0 radical (unpaired) electrons. The van der Waals surface area contributed by atoms with Crippen LogP contribution in [0.15, 0.2) is 18.2 Å². The third kappa shape index (κ3) is 2.39. The Kier molecular flexibility index (Phi) is 3.77. The molecule has 0 spiro atoms. The molecule has 1 aromatic carbocycles. The third-order valence-electron chi connectivity index (χ3n) is 2.25. The predicted octanol–water partition coefficient (Wildman–Crippen LogP) is 1.43. The number of aliphatic hydroxyl groups is 1. The first-order valence-corrected chi connectivity index (χ1v) is 4.65. The number of methoxy groups -OCH3 is 1. The van der Waals surface area contributed by atoms with Crippen LogP contribution in [0.25, 0.3) is 0 Å². The Morgan fingerprint density at radius 1 is 1.43 bits per heavy atom. The monoisotopic (exact) mass is 195 g/mol. The smallest absolute Gasteiger partial charge is 0.121 e. The molecule has 1 N–H and O–H groups in total. The molecule has 14 heavy (non-hydrogen) atoms. The van der Waals surface area contributed by atoms with Crippen LogP contribution in [0.5, 0.6) is 5.75 Å². The van der Waals surface area contributed by atoms with Crippen molar-refractivity contribution in [3.8, 4) is 5.75 Å². The molecule has 3 heteroatoms. The van der Waals surface area contributed by atoms with Gasteiger partial charge in [-0.2, -0.15) is 0 Å². The van der Waals surface area contributed by atoms with Gasteiger partial charge in [0.25, 0.3) is 0 Å².